The average Bonchev–Trinajstić information content (AvgIpc) is 2.70. The quantitative estimate of drug-likeness (QED) is 0.252. The van der Waals surface area contributed by atoms with E-state index in [0.717, 1.165) is 6.07 Å². The van der Waals surface area contributed by atoms with E-state index in [2.05, 4.69) is 0 Å². The van der Waals surface area contributed by atoms with E-state index in [-0.39, 0.29) is 22.7 Å². The van der Waals surface area contributed by atoms with Crippen LogP contribution < -0.4 is 23.7 Å². The van der Waals surface area contributed by atoms with Gasteiger partial charge in [0.2, 0.25) is 5.75 Å². The fourth-order valence-corrected chi connectivity index (χ4v) is 2.52. The Morgan fingerprint density at radius 2 is 1.48 bits per heavy atom. The second-order valence-electron chi connectivity index (χ2n) is 5.58. The van der Waals surface area contributed by atoms with Gasteiger partial charge in [-0.3, -0.25) is 10.1 Å². The number of carbonyl (C=O) groups excluding carboxylic acids is 1. The molecule has 0 fully saturated rings. The molecule has 0 aliphatic heterocycles. The zero-order chi connectivity index (χ0) is 21.4. The molecule has 9 heteroatoms. The third kappa shape index (κ3) is 5.28. The Kier molecular flexibility index (Phi) is 7.64. The Labute approximate surface area is 168 Å². The maximum Gasteiger partial charge on any atom is 0.343 e. The molecule has 0 atom stereocenters. The highest BCUT2D eigenvalue weighted by Gasteiger charge is 2.21. The summed E-state index contributed by atoms with van der Waals surface area (Å²) in [4.78, 5) is 23.2. The summed E-state index contributed by atoms with van der Waals surface area (Å²) in [5, 5.41) is 11.0. The SMILES string of the molecule is CCOc1cc(C(=O)Oc2cc([N+](=O)[O-])ccc2OC)cc(OCC)c1OCC. The number of methoxy groups -OCH3 is 1. The maximum absolute atomic E-state index is 12.7. The van der Waals surface area contributed by atoms with Crippen molar-refractivity contribution in [1.82, 2.24) is 0 Å². The molecule has 2 rings (SSSR count). The summed E-state index contributed by atoms with van der Waals surface area (Å²) in [6.45, 7) is 6.51. The number of non-ortho nitro benzene ring substituents is 1. The molecule has 29 heavy (non-hydrogen) atoms. The Morgan fingerprint density at radius 3 is 1.97 bits per heavy atom. The maximum atomic E-state index is 12.7. The highest BCUT2D eigenvalue weighted by atomic mass is 16.6. The summed E-state index contributed by atoms with van der Waals surface area (Å²) in [6.07, 6.45) is 0. The molecule has 0 heterocycles. The minimum atomic E-state index is -0.756. The predicted molar refractivity (Wildman–Crippen MR) is 105 cm³/mol. The highest BCUT2D eigenvalue weighted by molar-refractivity contribution is 5.93. The number of carbonyl (C=O) groups is 1. The van der Waals surface area contributed by atoms with Crippen LogP contribution in [0.15, 0.2) is 30.3 Å². The van der Waals surface area contributed by atoms with E-state index in [4.69, 9.17) is 23.7 Å². The van der Waals surface area contributed by atoms with Gasteiger partial charge in [-0.2, -0.15) is 0 Å². The van der Waals surface area contributed by atoms with Crippen molar-refractivity contribution in [3.63, 3.8) is 0 Å². The zero-order valence-electron chi connectivity index (χ0n) is 16.7. The van der Waals surface area contributed by atoms with Crippen LogP contribution in [0, 0.1) is 10.1 Å². The van der Waals surface area contributed by atoms with Gasteiger partial charge < -0.3 is 23.7 Å². The minimum Gasteiger partial charge on any atom is -0.493 e. The number of ether oxygens (including phenoxy) is 5. The zero-order valence-corrected chi connectivity index (χ0v) is 16.7. The number of nitro groups is 1. The molecule has 0 radical (unpaired) electrons. The highest BCUT2D eigenvalue weighted by Crippen LogP contribution is 2.40. The lowest BCUT2D eigenvalue weighted by Gasteiger charge is -2.17. The van der Waals surface area contributed by atoms with Crippen LogP contribution in [0.4, 0.5) is 5.69 Å². The molecule has 0 amide bonds. The van der Waals surface area contributed by atoms with Gasteiger partial charge in [-0.05, 0) is 39.0 Å². The van der Waals surface area contributed by atoms with E-state index in [1.165, 1.54) is 31.4 Å². The Morgan fingerprint density at radius 1 is 0.897 bits per heavy atom. The van der Waals surface area contributed by atoms with Gasteiger partial charge in [0.15, 0.2) is 23.0 Å². The van der Waals surface area contributed by atoms with Crippen molar-refractivity contribution in [2.24, 2.45) is 0 Å². The molecular formula is C20H23NO8. The smallest absolute Gasteiger partial charge is 0.343 e. The van der Waals surface area contributed by atoms with E-state index in [0.29, 0.717) is 37.1 Å². The number of nitro benzene ring substituents is 1. The van der Waals surface area contributed by atoms with Crippen LogP contribution in [0.2, 0.25) is 0 Å². The molecular weight excluding hydrogens is 382 g/mol. The summed E-state index contributed by atoms with van der Waals surface area (Å²) in [5.74, 6) is 0.410. The number of hydrogen-bond donors (Lipinski definition) is 0. The number of esters is 1. The van der Waals surface area contributed by atoms with Gasteiger partial charge in [-0.15, -0.1) is 0 Å². The summed E-state index contributed by atoms with van der Waals surface area (Å²) < 4.78 is 27.3. The van der Waals surface area contributed by atoms with Gasteiger partial charge in [0, 0.05) is 6.07 Å². The van der Waals surface area contributed by atoms with E-state index < -0.39 is 10.9 Å². The first-order valence-electron chi connectivity index (χ1n) is 9.06. The van der Waals surface area contributed by atoms with Crippen molar-refractivity contribution in [3.05, 3.63) is 46.0 Å². The largest absolute Gasteiger partial charge is 0.493 e. The lowest BCUT2D eigenvalue weighted by atomic mass is 10.1. The fourth-order valence-electron chi connectivity index (χ4n) is 2.52. The lowest BCUT2D eigenvalue weighted by molar-refractivity contribution is -0.384. The van der Waals surface area contributed by atoms with Crippen LogP contribution in [-0.2, 0) is 0 Å². The molecule has 0 saturated carbocycles. The van der Waals surface area contributed by atoms with E-state index in [1.54, 1.807) is 13.8 Å². The van der Waals surface area contributed by atoms with Crippen molar-refractivity contribution in [1.29, 1.82) is 0 Å². The summed E-state index contributed by atoms with van der Waals surface area (Å²) in [7, 11) is 1.37. The van der Waals surface area contributed by atoms with Gasteiger partial charge >= 0.3 is 5.97 Å². The molecule has 0 saturated heterocycles. The molecule has 2 aromatic carbocycles. The van der Waals surface area contributed by atoms with Crippen LogP contribution in [0.1, 0.15) is 31.1 Å². The molecule has 0 bridgehead atoms. The van der Waals surface area contributed by atoms with E-state index in [1.807, 2.05) is 6.92 Å². The molecule has 0 spiro atoms. The molecule has 156 valence electrons. The summed E-state index contributed by atoms with van der Waals surface area (Å²) in [6, 6.07) is 6.69. The molecule has 0 aliphatic rings. The van der Waals surface area contributed by atoms with Crippen LogP contribution >= 0.6 is 0 Å². The number of benzene rings is 2. The first-order chi connectivity index (χ1) is 13.9. The van der Waals surface area contributed by atoms with Gasteiger partial charge in [-0.25, -0.2) is 4.79 Å². The molecule has 9 nitrogen and oxygen atoms in total. The van der Waals surface area contributed by atoms with E-state index >= 15 is 0 Å². The van der Waals surface area contributed by atoms with Crippen molar-refractivity contribution in [2.45, 2.75) is 20.8 Å². The first kappa shape index (κ1) is 21.8. The van der Waals surface area contributed by atoms with Gasteiger partial charge in [0.1, 0.15) is 0 Å². The summed E-state index contributed by atoms with van der Waals surface area (Å²) in [5.41, 5.74) is -0.0979. The summed E-state index contributed by atoms with van der Waals surface area (Å²) >= 11 is 0. The Hall–Kier alpha value is -3.49. The van der Waals surface area contributed by atoms with Gasteiger partial charge in [-0.1, -0.05) is 0 Å². The molecule has 0 aromatic heterocycles. The first-order valence-corrected chi connectivity index (χ1v) is 9.06. The van der Waals surface area contributed by atoms with Crippen LogP contribution in [-0.4, -0.2) is 37.8 Å². The number of nitrogens with zero attached hydrogens (tertiary/aromatic N) is 1. The van der Waals surface area contributed by atoms with Gasteiger partial charge in [0.25, 0.3) is 5.69 Å². The topological polar surface area (TPSA) is 106 Å². The fraction of sp³-hybridized carbons (Fsp3) is 0.350. The lowest BCUT2D eigenvalue weighted by Crippen LogP contribution is -2.11. The normalized spacial score (nSPS) is 10.2. The van der Waals surface area contributed by atoms with Crippen molar-refractivity contribution in [2.75, 3.05) is 26.9 Å². The molecule has 0 N–H and O–H groups in total. The standard InChI is InChI=1S/C20H23NO8/c1-5-26-17-10-13(11-18(27-6-2)19(17)28-7-3)20(22)29-16-12-14(21(23)24)8-9-15(16)25-4/h8-12H,5-7H2,1-4H3. The third-order valence-corrected chi connectivity index (χ3v) is 3.71. The van der Waals surface area contributed by atoms with Crippen LogP contribution in [0.25, 0.3) is 0 Å². The predicted octanol–water partition coefficient (Wildman–Crippen LogP) is 4.02. The Bertz CT molecular complexity index is 854. The van der Waals surface area contributed by atoms with Crippen LogP contribution in [0.3, 0.4) is 0 Å². The van der Waals surface area contributed by atoms with Crippen molar-refractivity contribution >= 4 is 11.7 Å². The molecule has 0 aliphatic carbocycles. The average molecular weight is 405 g/mol. The number of hydrogen-bond acceptors (Lipinski definition) is 8. The third-order valence-electron chi connectivity index (χ3n) is 3.71. The second-order valence-corrected chi connectivity index (χ2v) is 5.58. The van der Waals surface area contributed by atoms with Gasteiger partial charge in [0.05, 0.1) is 43.5 Å². The van der Waals surface area contributed by atoms with Crippen molar-refractivity contribution in [3.8, 4) is 28.7 Å². The van der Waals surface area contributed by atoms with Crippen molar-refractivity contribution < 1.29 is 33.4 Å². The van der Waals surface area contributed by atoms with Crippen LogP contribution in [0.5, 0.6) is 28.7 Å². The monoisotopic (exact) mass is 405 g/mol. The molecule has 2 aromatic rings. The molecule has 0 unspecified atom stereocenters. The minimum absolute atomic E-state index is 0.0727. The second kappa shape index (κ2) is 10.2. The Balaban J connectivity index is 2.44. The number of rotatable bonds is 10. The van der Waals surface area contributed by atoms with E-state index in [9.17, 15) is 14.9 Å².